The first-order chi connectivity index (χ1) is 10.9. The summed E-state index contributed by atoms with van der Waals surface area (Å²) >= 11 is 5.22. The lowest BCUT2D eigenvalue weighted by molar-refractivity contribution is -0.145. The topological polar surface area (TPSA) is 128 Å². The fourth-order valence-corrected chi connectivity index (χ4v) is 1.64. The standard InChI is InChI=1S/C14H17ClN2O6/c15-6-11(19)22-8-10(18)12(13(16)20)17-14(21)23-7-9-4-2-1-3-5-9/h1-5,10,12,18H,6-8H2,(H2,16,20)(H,17,21)/t10-,12+/m1/s1. The maximum atomic E-state index is 11.6. The molecule has 2 atom stereocenters. The molecule has 1 aromatic carbocycles. The molecule has 0 bridgehead atoms. The molecule has 0 saturated carbocycles. The second kappa shape index (κ2) is 9.65. The zero-order valence-electron chi connectivity index (χ0n) is 12.1. The summed E-state index contributed by atoms with van der Waals surface area (Å²) < 4.78 is 9.48. The van der Waals surface area contributed by atoms with Crippen LogP contribution in [0.15, 0.2) is 30.3 Å². The number of benzene rings is 1. The van der Waals surface area contributed by atoms with Crippen LogP contribution in [0.3, 0.4) is 0 Å². The van der Waals surface area contributed by atoms with Crippen LogP contribution in [-0.2, 0) is 25.7 Å². The van der Waals surface area contributed by atoms with Gasteiger partial charge in [0.1, 0.15) is 31.2 Å². The Morgan fingerprint density at radius 1 is 1.22 bits per heavy atom. The van der Waals surface area contributed by atoms with Gasteiger partial charge in [0.05, 0.1) is 0 Å². The Labute approximate surface area is 137 Å². The average molecular weight is 345 g/mol. The SMILES string of the molecule is NC(=O)[C@@H](NC(=O)OCc1ccccc1)[C@H](O)COC(=O)CCl. The maximum absolute atomic E-state index is 11.6. The third kappa shape index (κ3) is 6.98. The van der Waals surface area contributed by atoms with Crippen molar-refractivity contribution in [3.05, 3.63) is 35.9 Å². The van der Waals surface area contributed by atoms with Crippen molar-refractivity contribution < 1.29 is 29.0 Å². The largest absolute Gasteiger partial charge is 0.462 e. The van der Waals surface area contributed by atoms with Crippen LogP contribution in [0.5, 0.6) is 0 Å². The van der Waals surface area contributed by atoms with Gasteiger partial charge in [-0.05, 0) is 5.56 Å². The first-order valence-electron chi connectivity index (χ1n) is 6.60. The summed E-state index contributed by atoms with van der Waals surface area (Å²) in [5.41, 5.74) is 5.84. The Hall–Kier alpha value is -2.32. The van der Waals surface area contributed by atoms with Gasteiger partial charge in [-0.1, -0.05) is 30.3 Å². The van der Waals surface area contributed by atoms with Gasteiger partial charge in [0, 0.05) is 0 Å². The number of esters is 1. The van der Waals surface area contributed by atoms with E-state index >= 15 is 0 Å². The second-order valence-electron chi connectivity index (χ2n) is 4.47. The summed E-state index contributed by atoms with van der Waals surface area (Å²) in [6.07, 6.45) is -2.47. The van der Waals surface area contributed by atoms with Gasteiger partial charge in [-0.25, -0.2) is 4.79 Å². The number of alkyl halides is 1. The zero-order chi connectivity index (χ0) is 17.2. The molecular weight excluding hydrogens is 328 g/mol. The van der Waals surface area contributed by atoms with Crippen molar-refractivity contribution in [1.29, 1.82) is 0 Å². The Balaban J connectivity index is 2.49. The average Bonchev–Trinajstić information content (AvgIpc) is 2.55. The van der Waals surface area contributed by atoms with Gasteiger partial charge < -0.3 is 25.6 Å². The number of aliphatic hydroxyl groups excluding tert-OH is 1. The number of carbonyl (C=O) groups is 3. The van der Waals surface area contributed by atoms with E-state index in [0.29, 0.717) is 0 Å². The van der Waals surface area contributed by atoms with E-state index in [4.69, 9.17) is 22.1 Å². The Kier molecular flexibility index (Phi) is 7.86. The number of hydrogen-bond donors (Lipinski definition) is 3. The molecule has 9 heteroatoms. The van der Waals surface area contributed by atoms with Crippen LogP contribution in [0.25, 0.3) is 0 Å². The Bertz CT molecular complexity index is 539. The van der Waals surface area contributed by atoms with Gasteiger partial charge in [0.15, 0.2) is 0 Å². The van der Waals surface area contributed by atoms with Crippen LogP contribution in [0, 0.1) is 0 Å². The lowest BCUT2D eigenvalue weighted by Crippen LogP contribution is -2.53. The second-order valence-corrected chi connectivity index (χ2v) is 4.74. The number of primary amides is 1. The molecular formula is C14H17ClN2O6. The van der Waals surface area contributed by atoms with Gasteiger partial charge in [-0.2, -0.15) is 0 Å². The monoisotopic (exact) mass is 344 g/mol. The van der Waals surface area contributed by atoms with Crippen LogP contribution in [0.2, 0.25) is 0 Å². The van der Waals surface area contributed by atoms with Crippen LogP contribution >= 0.6 is 11.6 Å². The highest BCUT2D eigenvalue weighted by Gasteiger charge is 2.28. The van der Waals surface area contributed by atoms with Crippen LogP contribution in [0.1, 0.15) is 5.56 Å². The summed E-state index contributed by atoms with van der Waals surface area (Å²) in [5, 5.41) is 11.9. The van der Waals surface area contributed by atoms with Crippen LogP contribution < -0.4 is 11.1 Å². The van der Waals surface area contributed by atoms with Gasteiger partial charge in [-0.3, -0.25) is 9.59 Å². The number of rotatable bonds is 8. The lowest BCUT2D eigenvalue weighted by atomic mass is 10.1. The number of nitrogens with one attached hydrogen (secondary N) is 1. The minimum atomic E-state index is -1.52. The van der Waals surface area contributed by atoms with Gasteiger partial charge >= 0.3 is 12.1 Å². The maximum Gasteiger partial charge on any atom is 0.408 e. The highest BCUT2D eigenvalue weighted by molar-refractivity contribution is 6.26. The van der Waals surface area contributed by atoms with Crippen molar-refractivity contribution in [3.8, 4) is 0 Å². The predicted molar refractivity (Wildman–Crippen MR) is 80.4 cm³/mol. The molecule has 1 aromatic rings. The number of alkyl carbamates (subject to hydrolysis) is 1. The van der Waals surface area contributed by atoms with Crippen LogP contribution in [-0.4, -0.2) is 47.7 Å². The fourth-order valence-electron chi connectivity index (χ4n) is 1.56. The molecule has 8 nitrogen and oxygen atoms in total. The van der Waals surface area contributed by atoms with Crippen molar-refractivity contribution >= 4 is 29.6 Å². The Morgan fingerprint density at radius 3 is 2.43 bits per heavy atom. The molecule has 0 aliphatic heterocycles. The van der Waals surface area contributed by atoms with E-state index in [1.54, 1.807) is 24.3 Å². The van der Waals surface area contributed by atoms with Crippen molar-refractivity contribution in [2.45, 2.75) is 18.8 Å². The van der Waals surface area contributed by atoms with Crippen LogP contribution in [0.4, 0.5) is 4.79 Å². The van der Waals surface area contributed by atoms with E-state index in [-0.39, 0.29) is 6.61 Å². The third-order valence-corrected chi connectivity index (χ3v) is 2.92. The van der Waals surface area contributed by atoms with E-state index in [9.17, 15) is 19.5 Å². The number of nitrogens with two attached hydrogens (primary N) is 1. The molecule has 0 saturated heterocycles. The predicted octanol–water partition coefficient (Wildman–Crippen LogP) is -0.0904. The fraction of sp³-hybridized carbons (Fsp3) is 0.357. The summed E-state index contributed by atoms with van der Waals surface area (Å²) in [7, 11) is 0. The molecule has 0 fully saturated rings. The quantitative estimate of drug-likeness (QED) is 0.446. The van der Waals surface area contributed by atoms with E-state index < -0.39 is 42.6 Å². The number of amides is 2. The first-order valence-corrected chi connectivity index (χ1v) is 7.13. The van der Waals surface area contributed by atoms with Crippen molar-refractivity contribution in [2.75, 3.05) is 12.5 Å². The van der Waals surface area contributed by atoms with Crippen molar-refractivity contribution in [2.24, 2.45) is 5.73 Å². The smallest absolute Gasteiger partial charge is 0.408 e. The van der Waals surface area contributed by atoms with E-state index in [1.165, 1.54) is 0 Å². The third-order valence-electron chi connectivity index (χ3n) is 2.70. The number of aliphatic hydroxyl groups is 1. The van der Waals surface area contributed by atoms with E-state index in [1.807, 2.05) is 6.07 Å². The molecule has 0 unspecified atom stereocenters. The molecule has 0 spiro atoms. The molecule has 0 radical (unpaired) electrons. The van der Waals surface area contributed by atoms with Gasteiger partial charge in [-0.15, -0.1) is 11.6 Å². The molecule has 0 aromatic heterocycles. The normalized spacial score (nSPS) is 12.8. The number of carbonyl (C=O) groups excluding carboxylic acids is 3. The summed E-state index contributed by atoms with van der Waals surface area (Å²) in [5.74, 6) is -2.18. The number of ether oxygens (including phenoxy) is 2. The van der Waals surface area contributed by atoms with E-state index in [2.05, 4.69) is 10.1 Å². The van der Waals surface area contributed by atoms with Gasteiger partial charge in [0.2, 0.25) is 5.91 Å². The zero-order valence-corrected chi connectivity index (χ0v) is 12.9. The Morgan fingerprint density at radius 2 is 1.87 bits per heavy atom. The molecule has 23 heavy (non-hydrogen) atoms. The molecule has 126 valence electrons. The molecule has 4 N–H and O–H groups in total. The van der Waals surface area contributed by atoms with Gasteiger partial charge in [0.25, 0.3) is 0 Å². The highest BCUT2D eigenvalue weighted by atomic mass is 35.5. The van der Waals surface area contributed by atoms with E-state index in [0.717, 1.165) is 5.56 Å². The lowest BCUT2D eigenvalue weighted by Gasteiger charge is -2.20. The minimum Gasteiger partial charge on any atom is -0.462 e. The summed E-state index contributed by atoms with van der Waals surface area (Å²) in [6, 6.07) is 7.39. The summed E-state index contributed by atoms with van der Waals surface area (Å²) in [4.78, 5) is 33.8. The molecule has 0 aliphatic rings. The highest BCUT2D eigenvalue weighted by Crippen LogP contribution is 2.02. The molecule has 0 aliphatic carbocycles. The number of hydrogen-bond acceptors (Lipinski definition) is 6. The molecule has 0 heterocycles. The van der Waals surface area contributed by atoms with Crippen molar-refractivity contribution in [3.63, 3.8) is 0 Å². The summed E-state index contributed by atoms with van der Waals surface area (Å²) in [6.45, 7) is -0.562. The molecule has 2 amide bonds. The number of halogens is 1. The first kappa shape index (κ1) is 18.7. The minimum absolute atomic E-state index is 0.0184. The van der Waals surface area contributed by atoms with Crippen molar-refractivity contribution in [1.82, 2.24) is 5.32 Å². The molecule has 1 rings (SSSR count).